The van der Waals surface area contributed by atoms with Crippen molar-refractivity contribution in [2.75, 3.05) is 19.6 Å². The van der Waals surface area contributed by atoms with Crippen LogP contribution >= 0.6 is 15.9 Å². The van der Waals surface area contributed by atoms with E-state index in [9.17, 15) is 4.79 Å². The van der Waals surface area contributed by atoms with Crippen LogP contribution in [0.4, 0.5) is 0 Å². The van der Waals surface area contributed by atoms with Crippen LogP contribution < -0.4 is 5.32 Å². The van der Waals surface area contributed by atoms with Crippen LogP contribution in [-0.4, -0.2) is 36.5 Å². The number of likely N-dealkylation sites (tertiary alicyclic amines) is 1. The first-order valence-electron chi connectivity index (χ1n) is 8.37. The van der Waals surface area contributed by atoms with Crippen molar-refractivity contribution >= 4 is 32.8 Å². The van der Waals surface area contributed by atoms with Crippen molar-refractivity contribution in [1.29, 1.82) is 0 Å². The molecule has 1 saturated heterocycles. The molecule has 0 spiro atoms. The van der Waals surface area contributed by atoms with E-state index in [2.05, 4.69) is 46.1 Å². The zero-order chi connectivity index (χ0) is 17.1. The molecule has 4 nitrogen and oxygen atoms in total. The molecule has 24 heavy (non-hydrogen) atoms. The van der Waals surface area contributed by atoms with Gasteiger partial charge < -0.3 is 9.73 Å². The second kappa shape index (κ2) is 7.53. The zero-order valence-corrected chi connectivity index (χ0v) is 15.7. The maximum atomic E-state index is 12.4. The average molecular weight is 391 g/mol. The molecule has 0 bridgehead atoms. The molecule has 0 unspecified atom stereocenters. The summed E-state index contributed by atoms with van der Waals surface area (Å²) in [5.74, 6) is 0.254. The second-order valence-corrected chi connectivity index (χ2v) is 7.45. The number of fused-ring (bicyclic) bond motifs is 1. The lowest BCUT2D eigenvalue weighted by molar-refractivity contribution is 0.0888. The first-order chi connectivity index (χ1) is 11.5. The van der Waals surface area contributed by atoms with Gasteiger partial charge in [-0.15, -0.1) is 0 Å². The van der Waals surface area contributed by atoms with Crippen LogP contribution in [0, 0.1) is 0 Å². The molecule has 1 N–H and O–H groups in total. The number of halogens is 1. The van der Waals surface area contributed by atoms with E-state index in [0.717, 1.165) is 47.9 Å². The van der Waals surface area contributed by atoms with Crippen LogP contribution in [0.1, 0.15) is 37.2 Å². The average Bonchev–Trinajstić information content (AvgIpc) is 3.00. The molecule has 0 saturated carbocycles. The predicted molar refractivity (Wildman–Crippen MR) is 100 cm³/mol. The van der Waals surface area contributed by atoms with Crippen molar-refractivity contribution in [3.63, 3.8) is 0 Å². The Kier molecular flexibility index (Phi) is 5.41. The third kappa shape index (κ3) is 4.08. The summed E-state index contributed by atoms with van der Waals surface area (Å²) in [6, 6.07) is 7.82. The monoisotopic (exact) mass is 390 g/mol. The van der Waals surface area contributed by atoms with Gasteiger partial charge in [0.2, 0.25) is 0 Å². The highest BCUT2D eigenvalue weighted by Crippen LogP contribution is 2.27. The molecule has 5 heteroatoms. The Balaban J connectivity index is 1.57. The van der Waals surface area contributed by atoms with Crippen LogP contribution in [0.25, 0.3) is 11.0 Å². The highest BCUT2D eigenvalue weighted by molar-refractivity contribution is 9.10. The van der Waals surface area contributed by atoms with Crippen LogP contribution in [0.15, 0.2) is 44.8 Å². The van der Waals surface area contributed by atoms with Gasteiger partial charge in [-0.2, -0.15) is 0 Å². The largest absolute Gasteiger partial charge is 0.450 e. The fraction of sp³-hybridized carbons (Fsp3) is 0.421. The Morgan fingerprint density at radius 2 is 2.12 bits per heavy atom. The number of piperidine rings is 1. The maximum Gasteiger partial charge on any atom is 0.287 e. The minimum absolute atomic E-state index is 0.124. The number of allylic oxidation sites excluding steroid dienone is 1. The molecule has 1 aromatic carbocycles. The summed E-state index contributed by atoms with van der Waals surface area (Å²) in [5.41, 5.74) is 2.07. The topological polar surface area (TPSA) is 45.5 Å². The molecular formula is C19H23BrN2O2. The van der Waals surface area contributed by atoms with Crippen LogP contribution in [0.3, 0.4) is 0 Å². The van der Waals surface area contributed by atoms with E-state index < -0.39 is 0 Å². The van der Waals surface area contributed by atoms with Gasteiger partial charge in [-0.25, -0.2) is 0 Å². The first kappa shape index (κ1) is 17.2. The lowest BCUT2D eigenvalue weighted by atomic mass is 10.0. The Bertz CT molecular complexity index is 754. The molecule has 1 aliphatic rings. The van der Waals surface area contributed by atoms with Gasteiger partial charge in [-0.1, -0.05) is 23.8 Å². The number of para-hydroxylation sites is 1. The summed E-state index contributed by atoms with van der Waals surface area (Å²) in [4.78, 5) is 14.9. The van der Waals surface area contributed by atoms with Crippen molar-refractivity contribution in [3.8, 4) is 0 Å². The van der Waals surface area contributed by atoms with Crippen LogP contribution in [0.2, 0.25) is 0 Å². The number of benzene rings is 1. The highest BCUT2D eigenvalue weighted by atomic mass is 79.9. The van der Waals surface area contributed by atoms with Crippen molar-refractivity contribution in [2.45, 2.75) is 32.7 Å². The van der Waals surface area contributed by atoms with E-state index in [1.165, 1.54) is 5.57 Å². The number of amides is 1. The summed E-state index contributed by atoms with van der Waals surface area (Å²) in [6.07, 6.45) is 4.21. The molecule has 0 atom stereocenters. The lowest BCUT2D eigenvalue weighted by Crippen LogP contribution is -2.44. The Morgan fingerprint density at radius 1 is 1.38 bits per heavy atom. The number of rotatable bonds is 4. The van der Waals surface area contributed by atoms with Gasteiger partial charge in [-0.05, 0) is 54.8 Å². The molecule has 2 heterocycles. The molecule has 2 aromatic rings. The van der Waals surface area contributed by atoms with Crippen LogP contribution in [-0.2, 0) is 0 Å². The lowest BCUT2D eigenvalue weighted by Gasteiger charge is -2.31. The predicted octanol–water partition coefficient (Wildman–Crippen LogP) is 4.36. The van der Waals surface area contributed by atoms with Gasteiger partial charge in [0.05, 0.1) is 4.47 Å². The van der Waals surface area contributed by atoms with Crippen molar-refractivity contribution < 1.29 is 9.21 Å². The van der Waals surface area contributed by atoms with E-state index in [0.29, 0.717) is 5.76 Å². The quantitative estimate of drug-likeness (QED) is 0.788. The zero-order valence-electron chi connectivity index (χ0n) is 14.1. The minimum Gasteiger partial charge on any atom is -0.450 e. The molecular weight excluding hydrogens is 368 g/mol. The van der Waals surface area contributed by atoms with Crippen molar-refractivity contribution in [3.05, 3.63) is 46.1 Å². The second-order valence-electron chi connectivity index (χ2n) is 6.60. The number of carbonyl (C=O) groups is 1. The number of carbonyl (C=O) groups excluding carboxylic acids is 1. The van der Waals surface area contributed by atoms with E-state index in [-0.39, 0.29) is 11.9 Å². The number of nitrogens with zero attached hydrogens (tertiary/aromatic N) is 1. The van der Waals surface area contributed by atoms with Gasteiger partial charge >= 0.3 is 0 Å². The summed E-state index contributed by atoms with van der Waals surface area (Å²) in [6.45, 7) is 7.28. The van der Waals surface area contributed by atoms with E-state index in [1.807, 2.05) is 18.2 Å². The molecule has 0 radical (unpaired) electrons. The van der Waals surface area contributed by atoms with Crippen LogP contribution in [0.5, 0.6) is 0 Å². The van der Waals surface area contributed by atoms with Crippen molar-refractivity contribution in [1.82, 2.24) is 10.2 Å². The fourth-order valence-electron chi connectivity index (χ4n) is 2.97. The Morgan fingerprint density at radius 3 is 2.79 bits per heavy atom. The third-order valence-electron chi connectivity index (χ3n) is 4.40. The molecule has 0 aliphatic carbocycles. The van der Waals surface area contributed by atoms with Gasteiger partial charge in [0, 0.05) is 31.1 Å². The summed E-state index contributed by atoms with van der Waals surface area (Å²) < 4.78 is 6.58. The highest BCUT2D eigenvalue weighted by Gasteiger charge is 2.22. The summed E-state index contributed by atoms with van der Waals surface area (Å²) in [7, 11) is 0. The standard InChI is InChI=1S/C19H23BrN2O2/c1-13(2)6-9-22-10-7-15(8-11-22)21-19(23)17-12-14-4-3-5-16(20)18(14)24-17/h3-6,12,15H,7-11H2,1-2H3,(H,21,23). The van der Waals surface area contributed by atoms with E-state index in [1.54, 1.807) is 6.07 Å². The minimum atomic E-state index is -0.124. The third-order valence-corrected chi connectivity index (χ3v) is 5.02. The first-order valence-corrected chi connectivity index (χ1v) is 9.17. The van der Waals surface area contributed by atoms with Gasteiger partial charge in [-0.3, -0.25) is 9.69 Å². The van der Waals surface area contributed by atoms with Gasteiger partial charge in [0.15, 0.2) is 5.76 Å². The fourth-order valence-corrected chi connectivity index (χ4v) is 3.43. The smallest absolute Gasteiger partial charge is 0.287 e. The SMILES string of the molecule is CC(C)=CCN1CCC(NC(=O)c2cc3cccc(Br)c3o2)CC1. The number of hydrogen-bond donors (Lipinski definition) is 1. The number of furan rings is 1. The molecule has 1 amide bonds. The molecule has 3 rings (SSSR count). The summed E-state index contributed by atoms with van der Waals surface area (Å²) in [5, 5.41) is 4.05. The maximum absolute atomic E-state index is 12.4. The molecule has 1 fully saturated rings. The number of nitrogens with one attached hydrogen (secondary N) is 1. The van der Waals surface area contributed by atoms with E-state index >= 15 is 0 Å². The van der Waals surface area contributed by atoms with Gasteiger partial charge in [0.1, 0.15) is 5.58 Å². The molecule has 1 aromatic heterocycles. The Hall–Kier alpha value is -1.59. The molecule has 128 valence electrons. The number of hydrogen-bond acceptors (Lipinski definition) is 3. The van der Waals surface area contributed by atoms with Gasteiger partial charge in [0.25, 0.3) is 5.91 Å². The normalized spacial score (nSPS) is 16.3. The van der Waals surface area contributed by atoms with Crippen molar-refractivity contribution in [2.24, 2.45) is 0 Å². The summed E-state index contributed by atoms with van der Waals surface area (Å²) >= 11 is 3.45. The van der Waals surface area contributed by atoms with E-state index in [4.69, 9.17) is 4.42 Å². The Labute approximate surface area is 151 Å². The molecule has 1 aliphatic heterocycles.